The number of methoxy groups -OCH3 is 1. The van der Waals surface area contributed by atoms with E-state index in [1.807, 2.05) is 46.7 Å². The molecule has 6 rings (SSSR count). The molecule has 14 nitrogen and oxygen atoms in total. The molecule has 15 heteroatoms. The van der Waals surface area contributed by atoms with Gasteiger partial charge in [-0.05, 0) is 86.7 Å². The van der Waals surface area contributed by atoms with Crippen LogP contribution in [0.3, 0.4) is 0 Å². The number of aliphatic hydroxyl groups excluding tert-OH is 3. The second-order valence-electron chi connectivity index (χ2n) is 29.2. The number of aliphatic hydroxyl groups is 5. The quantitative estimate of drug-likeness (QED) is 0.0415. The predicted octanol–water partition coefficient (Wildman–Crippen LogP) is 11.7. The Labute approximate surface area is 499 Å². The molecule has 0 aromatic heterocycles. The van der Waals surface area contributed by atoms with Gasteiger partial charge in [-0.15, -0.1) is 0 Å². The number of rotatable bonds is 21. The molecular formula is C67H125N2O12P. The van der Waals surface area contributed by atoms with Crippen molar-refractivity contribution in [2.45, 2.75) is 356 Å². The molecule has 3 aliphatic carbocycles. The van der Waals surface area contributed by atoms with Crippen LogP contribution >= 0.6 is 7.26 Å². The Morgan fingerprint density at radius 1 is 0.720 bits per heavy atom. The summed E-state index contributed by atoms with van der Waals surface area (Å²) in [7, 11) is 3.94. The second kappa shape index (κ2) is 31.9. The van der Waals surface area contributed by atoms with Crippen LogP contribution in [0.4, 0.5) is 0 Å². The molecule has 0 radical (unpaired) electrons. The summed E-state index contributed by atoms with van der Waals surface area (Å²) in [5, 5.41) is 61.0. The maximum Gasteiger partial charge on any atom is 0.126 e. The van der Waals surface area contributed by atoms with Gasteiger partial charge in [0.05, 0.1) is 47.6 Å². The maximum atomic E-state index is 14.8. The average Bonchev–Trinajstić information content (AvgIpc) is 2.38. The molecule has 3 aliphatic heterocycles. The summed E-state index contributed by atoms with van der Waals surface area (Å²) in [6, 6.07) is -1.18. The van der Waals surface area contributed by atoms with Crippen molar-refractivity contribution in [3.05, 3.63) is 0 Å². The minimum atomic E-state index is -1.96. The van der Waals surface area contributed by atoms with Crippen molar-refractivity contribution in [2.24, 2.45) is 23.7 Å². The number of carbonyl (C=O) groups is 2. The summed E-state index contributed by atoms with van der Waals surface area (Å²) < 4.78 is 32.2. The Hall–Kier alpha value is -1.03. The zero-order chi connectivity index (χ0) is 60.2. The van der Waals surface area contributed by atoms with Gasteiger partial charge in [-0.1, -0.05) is 27.7 Å². The SMILES string of the molecule is CC[C@H]1OC(=O)[C@H](C)C([C@H]2C[C@@](C)(OC)[C@@H](O)[C@H](C)O2)[C@H](C)[C@@H](O[C@@H]2O[C@H](C)C[C@H](N(C)C)[C@H]2O)[C@](C)(O)C[C@@H](C)CN(C(=O)CCCCCCCCCCC[PH](C2CCCCC2)(C2CCCCC2)C2CCCCC2)[C@H](C)[C@@H](O)[C@]1(C)O. The maximum absolute atomic E-state index is 14.8. The summed E-state index contributed by atoms with van der Waals surface area (Å²) in [6.07, 6.45) is 27.5. The van der Waals surface area contributed by atoms with E-state index in [0.717, 1.165) is 36.2 Å². The zero-order valence-corrected chi connectivity index (χ0v) is 55.3. The number of hydrogen-bond acceptors (Lipinski definition) is 13. The molecule has 0 spiro atoms. The van der Waals surface area contributed by atoms with Gasteiger partial charge in [0.1, 0.15) is 30.0 Å². The average molecular weight is 1180 g/mol. The molecule has 1 amide bonds. The first-order chi connectivity index (χ1) is 38.8. The van der Waals surface area contributed by atoms with E-state index in [4.69, 9.17) is 23.7 Å². The molecule has 6 fully saturated rings. The first-order valence-corrected chi connectivity index (χ1v) is 36.4. The largest absolute Gasteiger partial charge is 0.388 e. The fourth-order valence-electron chi connectivity index (χ4n) is 18.0. The summed E-state index contributed by atoms with van der Waals surface area (Å²) in [4.78, 5) is 33.1. The van der Waals surface area contributed by atoms with Gasteiger partial charge in [0.25, 0.3) is 0 Å². The minimum Gasteiger partial charge on any atom is -0.388 e. The Balaban J connectivity index is 1.14. The topological polar surface area (TPSA) is 188 Å². The smallest absolute Gasteiger partial charge is 0.126 e. The molecular weight excluding hydrogens is 1060 g/mol. The monoisotopic (exact) mass is 1180 g/mol. The number of hydrogen-bond donors (Lipinski definition) is 5. The third-order valence-corrected chi connectivity index (χ3v) is 30.2. The fourth-order valence-corrected chi connectivity index (χ4v) is 26.5. The van der Waals surface area contributed by atoms with Crippen LogP contribution in [-0.4, -0.2) is 182 Å². The van der Waals surface area contributed by atoms with Crippen molar-refractivity contribution in [3.63, 3.8) is 0 Å². The molecule has 3 heterocycles. The molecule has 3 saturated heterocycles. The van der Waals surface area contributed by atoms with E-state index < -0.39 is 103 Å². The van der Waals surface area contributed by atoms with E-state index in [2.05, 4.69) is 0 Å². The van der Waals surface area contributed by atoms with Crippen LogP contribution in [0.15, 0.2) is 0 Å². The third-order valence-electron chi connectivity index (χ3n) is 22.7. The van der Waals surface area contributed by atoms with E-state index in [-0.39, 0.29) is 56.2 Å². The number of ether oxygens (including phenoxy) is 5. The molecule has 0 aromatic rings. The van der Waals surface area contributed by atoms with Crippen molar-refractivity contribution in [1.82, 2.24) is 9.80 Å². The van der Waals surface area contributed by atoms with E-state index in [9.17, 15) is 35.1 Å². The Bertz CT molecular complexity index is 1850. The van der Waals surface area contributed by atoms with Gasteiger partial charge in [-0.3, -0.25) is 9.59 Å². The van der Waals surface area contributed by atoms with Crippen molar-refractivity contribution in [3.8, 4) is 0 Å². The van der Waals surface area contributed by atoms with Gasteiger partial charge < -0.3 is 59.0 Å². The van der Waals surface area contributed by atoms with E-state index in [0.29, 0.717) is 12.8 Å². The van der Waals surface area contributed by atoms with Crippen LogP contribution in [0.25, 0.3) is 0 Å². The number of likely N-dealkylation sites (N-methyl/N-ethyl adjacent to an activating group) is 1. The van der Waals surface area contributed by atoms with Gasteiger partial charge in [0.15, 0.2) is 6.29 Å². The number of esters is 1. The summed E-state index contributed by atoms with van der Waals surface area (Å²) in [6.45, 7) is 18.1. The number of nitrogens with zero attached hydrogens (tertiary/aromatic N) is 2. The van der Waals surface area contributed by atoms with Crippen LogP contribution in [0.1, 0.15) is 255 Å². The zero-order valence-electron chi connectivity index (χ0n) is 54.3. The summed E-state index contributed by atoms with van der Waals surface area (Å²) in [5.41, 5.74) is -1.38. The van der Waals surface area contributed by atoms with E-state index in [1.54, 1.807) is 91.3 Å². The normalized spacial score (nSPS) is 40.1. The number of cyclic esters (lactones) is 1. The van der Waals surface area contributed by atoms with Crippen LogP contribution in [-0.2, 0) is 33.3 Å². The van der Waals surface area contributed by atoms with Gasteiger partial charge in [0, 0.05) is 32.0 Å². The molecule has 6 aliphatic rings. The van der Waals surface area contributed by atoms with E-state index in [1.165, 1.54) is 96.8 Å². The van der Waals surface area contributed by atoms with Crippen molar-refractivity contribution < 1.29 is 58.8 Å². The first kappa shape index (κ1) is 70.1. The van der Waals surface area contributed by atoms with Gasteiger partial charge in [-0.2, -0.15) is 0 Å². The Kier molecular flexibility index (Phi) is 27.3. The summed E-state index contributed by atoms with van der Waals surface area (Å²) >= 11 is 0. The van der Waals surface area contributed by atoms with E-state index >= 15 is 0 Å². The molecule has 82 heavy (non-hydrogen) atoms. The second-order valence-corrected chi connectivity index (χ2v) is 34.3. The Morgan fingerprint density at radius 3 is 1.73 bits per heavy atom. The molecule has 1 unspecified atom stereocenters. The fraction of sp³-hybridized carbons (Fsp3) is 0.970. The van der Waals surface area contributed by atoms with Crippen molar-refractivity contribution in [2.75, 3.05) is 33.9 Å². The molecule has 3 saturated carbocycles. The predicted molar refractivity (Wildman–Crippen MR) is 332 cm³/mol. The van der Waals surface area contributed by atoms with Gasteiger partial charge in [0.2, 0.25) is 0 Å². The van der Waals surface area contributed by atoms with Gasteiger partial charge in [-0.25, -0.2) is 0 Å². The minimum absolute atomic E-state index is 0.129. The van der Waals surface area contributed by atoms with Gasteiger partial charge >= 0.3 is 203 Å². The van der Waals surface area contributed by atoms with Crippen LogP contribution < -0.4 is 0 Å². The molecule has 0 aromatic carbocycles. The third kappa shape index (κ3) is 17.2. The van der Waals surface area contributed by atoms with Crippen LogP contribution in [0.2, 0.25) is 0 Å². The molecule has 480 valence electrons. The first-order valence-electron chi connectivity index (χ1n) is 34.0. The molecule has 5 N–H and O–H groups in total. The number of amides is 1. The van der Waals surface area contributed by atoms with Crippen LogP contribution in [0, 0.1) is 23.7 Å². The van der Waals surface area contributed by atoms with Crippen molar-refractivity contribution >= 4 is 19.1 Å². The molecule has 18 atom stereocenters. The van der Waals surface area contributed by atoms with Crippen LogP contribution in [0.5, 0.6) is 0 Å². The Morgan fingerprint density at radius 2 is 1.23 bits per heavy atom. The number of unbranched alkanes of at least 4 members (excludes halogenated alkanes) is 8. The molecule has 0 bridgehead atoms. The number of carbonyl (C=O) groups excluding carboxylic acids is 2. The standard InChI is InChI=1S/C67H125N2O12P/c1-14-56-67(10,76)60(72)49(6)69(57(70)39-31-20-18-16-15-17-19-21-32-40-82(51-33-25-22-26-34-51,52-35-27-23-28-36-52)53-37-29-24-30-38-53)44-45(2)42-65(8,75)62(81-64-59(71)54(68(11)12)41-46(3)78-64)47(4)58(48(5)63(74)80-56)55-43-66(9,77-13)61(73)50(7)79-55/h45-56,58-62,64,71-73,75-76,82H,14-44H2,1-13H3/t45-,46-,47+,48-,49-,50+,54+,55-,56-,58?,59-,60-,61+,62-,64+,65-,66-,67-/m1/s1. The van der Waals surface area contributed by atoms with Crippen molar-refractivity contribution in [1.29, 1.82) is 0 Å². The summed E-state index contributed by atoms with van der Waals surface area (Å²) in [5.74, 6) is -3.50.